The maximum absolute atomic E-state index is 11.8. The number of aryl methyl sites for hydroxylation is 1. The van der Waals surface area contributed by atoms with E-state index in [0.717, 1.165) is 5.56 Å². The van der Waals surface area contributed by atoms with E-state index >= 15 is 0 Å². The molecule has 0 aliphatic rings. The predicted octanol–water partition coefficient (Wildman–Crippen LogP) is 1.46. The van der Waals surface area contributed by atoms with Crippen molar-refractivity contribution in [1.82, 2.24) is 5.32 Å². The van der Waals surface area contributed by atoms with Crippen LogP contribution in [0.5, 0.6) is 0 Å². The molecule has 0 aromatic heterocycles. The third kappa shape index (κ3) is 3.36. The molecule has 1 amide bonds. The van der Waals surface area contributed by atoms with E-state index in [2.05, 4.69) is 5.32 Å². The van der Waals surface area contributed by atoms with E-state index in [1.54, 1.807) is 0 Å². The third-order valence-corrected chi connectivity index (χ3v) is 2.28. The first-order chi connectivity index (χ1) is 6.94. The van der Waals surface area contributed by atoms with Crippen LogP contribution in [0, 0.1) is 6.92 Å². The summed E-state index contributed by atoms with van der Waals surface area (Å²) in [6.45, 7) is 6.22. The average molecular weight is 206 g/mol. The number of amides is 1. The van der Waals surface area contributed by atoms with Gasteiger partial charge >= 0.3 is 0 Å². The Balaban J connectivity index is 2.74. The molecular weight excluding hydrogens is 188 g/mol. The number of benzene rings is 1. The molecule has 1 aromatic rings. The summed E-state index contributed by atoms with van der Waals surface area (Å²) in [6.07, 6.45) is 0. The molecule has 0 saturated carbocycles. The highest BCUT2D eigenvalue weighted by Gasteiger charge is 2.18. The number of carbonyl (C=O) groups is 1. The van der Waals surface area contributed by atoms with Crippen LogP contribution in [0.25, 0.3) is 0 Å². The Kier molecular flexibility index (Phi) is 3.48. The van der Waals surface area contributed by atoms with Gasteiger partial charge in [0.2, 0.25) is 0 Å². The van der Waals surface area contributed by atoms with E-state index in [0.29, 0.717) is 12.1 Å². The lowest BCUT2D eigenvalue weighted by Crippen LogP contribution is -2.48. The highest BCUT2D eigenvalue weighted by molar-refractivity contribution is 5.94. The first kappa shape index (κ1) is 11.7. The molecule has 0 radical (unpaired) electrons. The maximum atomic E-state index is 11.8. The first-order valence-electron chi connectivity index (χ1n) is 5.04. The van der Waals surface area contributed by atoms with Gasteiger partial charge in [-0.2, -0.15) is 0 Å². The van der Waals surface area contributed by atoms with Crippen molar-refractivity contribution >= 4 is 5.91 Å². The molecule has 15 heavy (non-hydrogen) atoms. The Bertz CT molecular complexity index is 341. The number of hydrogen-bond donors (Lipinski definition) is 2. The Morgan fingerprint density at radius 3 is 2.33 bits per heavy atom. The highest BCUT2D eigenvalue weighted by Crippen LogP contribution is 2.06. The Hall–Kier alpha value is -1.35. The fraction of sp³-hybridized carbons (Fsp3) is 0.417. The number of hydrogen-bond acceptors (Lipinski definition) is 2. The second-order valence-electron chi connectivity index (χ2n) is 4.41. The van der Waals surface area contributed by atoms with Gasteiger partial charge in [-0.15, -0.1) is 0 Å². The van der Waals surface area contributed by atoms with Crippen LogP contribution in [0.2, 0.25) is 0 Å². The normalized spacial score (nSPS) is 11.2. The molecule has 0 saturated heterocycles. The van der Waals surface area contributed by atoms with Gasteiger partial charge in [0.05, 0.1) is 0 Å². The van der Waals surface area contributed by atoms with E-state index in [-0.39, 0.29) is 11.4 Å². The van der Waals surface area contributed by atoms with Gasteiger partial charge in [-0.05, 0) is 32.9 Å². The van der Waals surface area contributed by atoms with Crippen molar-refractivity contribution in [2.45, 2.75) is 26.3 Å². The lowest BCUT2D eigenvalue weighted by Gasteiger charge is -2.24. The van der Waals surface area contributed by atoms with E-state index in [1.807, 2.05) is 45.0 Å². The monoisotopic (exact) mass is 206 g/mol. The zero-order valence-electron chi connectivity index (χ0n) is 9.50. The molecule has 0 heterocycles. The maximum Gasteiger partial charge on any atom is 0.251 e. The average Bonchev–Trinajstić information content (AvgIpc) is 2.18. The molecule has 0 aliphatic carbocycles. The van der Waals surface area contributed by atoms with Gasteiger partial charge in [0.15, 0.2) is 0 Å². The molecule has 0 fully saturated rings. The second kappa shape index (κ2) is 4.45. The van der Waals surface area contributed by atoms with Crippen LogP contribution in [0.4, 0.5) is 0 Å². The fourth-order valence-electron chi connectivity index (χ4n) is 1.14. The molecule has 0 unspecified atom stereocenters. The summed E-state index contributed by atoms with van der Waals surface area (Å²) in [6, 6.07) is 7.48. The van der Waals surface area contributed by atoms with Crippen molar-refractivity contribution in [2.24, 2.45) is 5.73 Å². The van der Waals surface area contributed by atoms with Crippen LogP contribution >= 0.6 is 0 Å². The number of carbonyl (C=O) groups excluding carboxylic acids is 1. The lowest BCUT2D eigenvalue weighted by molar-refractivity contribution is 0.0916. The summed E-state index contributed by atoms with van der Waals surface area (Å²) in [4.78, 5) is 11.8. The Morgan fingerprint density at radius 1 is 1.33 bits per heavy atom. The molecule has 0 spiro atoms. The Morgan fingerprint density at radius 2 is 1.87 bits per heavy atom. The first-order valence-corrected chi connectivity index (χ1v) is 5.04. The minimum atomic E-state index is -0.359. The van der Waals surface area contributed by atoms with Gasteiger partial charge in [0.1, 0.15) is 0 Å². The van der Waals surface area contributed by atoms with Crippen molar-refractivity contribution in [3.8, 4) is 0 Å². The second-order valence-corrected chi connectivity index (χ2v) is 4.41. The minimum absolute atomic E-state index is 0.0783. The van der Waals surface area contributed by atoms with Crippen molar-refractivity contribution in [3.63, 3.8) is 0 Å². The predicted molar refractivity (Wildman–Crippen MR) is 61.8 cm³/mol. The van der Waals surface area contributed by atoms with Crippen molar-refractivity contribution in [1.29, 1.82) is 0 Å². The van der Waals surface area contributed by atoms with Gasteiger partial charge in [0, 0.05) is 17.6 Å². The summed E-state index contributed by atoms with van der Waals surface area (Å²) in [5, 5.41) is 2.88. The van der Waals surface area contributed by atoms with Crippen LogP contribution in [-0.4, -0.2) is 18.0 Å². The van der Waals surface area contributed by atoms with Crippen LogP contribution in [0.3, 0.4) is 0 Å². The topological polar surface area (TPSA) is 55.1 Å². The fourth-order valence-corrected chi connectivity index (χ4v) is 1.14. The van der Waals surface area contributed by atoms with Crippen molar-refractivity contribution < 1.29 is 4.79 Å². The molecule has 0 atom stereocenters. The zero-order valence-corrected chi connectivity index (χ0v) is 9.50. The molecule has 3 nitrogen and oxygen atoms in total. The van der Waals surface area contributed by atoms with Crippen LogP contribution in [0.1, 0.15) is 29.8 Å². The van der Waals surface area contributed by atoms with Gasteiger partial charge in [-0.25, -0.2) is 0 Å². The molecule has 1 rings (SSSR count). The quantitative estimate of drug-likeness (QED) is 0.786. The molecule has 0 bridgehead atoms. The molecule has 3 N–H and O–H groups in total. The van der Waals surface area contributed by atoms with E-state index in [9.17, 15) is 4.79 Å². The lowest BCUT2D eigenvalue weighted by atomic mass is 10.0. The highest BCUT2D eigenvalue weighted by atomic mass is 16.1. The van der Waals surface area contributed by atoms with Crippen LogP contribution < -0.4 is 11.1 Å². The summed E-state index contributed by atoms with van der Waals surface area (Å²) in [5.41, 5.74) is 6.99. The number of nitrogens with two attached hydrogens (primary N) is 1. The molecule has 1 aromatic carbocycles. The summed E-state index contributed by atoms with van der Waals surface area (Å²) < 4.78 is 0. The summed E-state index contributed by atoms with van der Waals surface area (Å²) in [5.74, 6) is -0.0783. The van der Waals surface area contributed by atoms with Crippen LogP contribution in [-0.2, 0) is 0 Å². The largest absolute Gasteiger partial charge is 0.346 e. The Labute approximate surface area is 90.7 Å². The molecule has 3 heteroatoms. The van der Waals surface area contributed by atoms with Crippen molar-refractivity contribution in [2.75, 3.05) is 6.54 Å². The van der Waals surface area contributed by atoms with Crippen LogP contribution in [0.15, 0.2) is 24.3 Å². The van der Waals surface area contributed by atoms with Crippen molar-refractivity contribution in [3.05, 3.63) is 35.4 Å². The standard InChI is InChI=1S/C12H18N2O/c1-9-4-6-10(7-5-9)11(15)14-12(2,3)8-13/h4-7H,8,13H2,1-3H3,(H,14,15). The van der Waals surface area contributed by atoms with Gasteiger partial charge < -0.3 is 11.1 Å². The van der Waals surface area contributed by atoms with E-state index < -0.39 is 0 Å². The zero-order chi connectivity index (χ0) is 11.5. The molecule has 82 valence electrons. The van der Waals surface area contributed by atoms with E-state index in [1.165, 1.54) is 0 Å². The van der Waals surface area contributed by atoms with Gasteiger partial charge in [-0.1, -0.05) is 17.7 Å². The van der Waals surface area contributed by atoms with Gasteiger partial charge in [-0.3, -0.25) is 4.79 Å². The smallest absolute Gasteiger partial charge is 0.251 e. The number of rotatable bonds is 3. The molecular formula is C12H18N2O. The van der Waals surface area contributed by atoms with Gasteiger partial charge in [0.25, 0.3) is 5.91 Å². The SMILES string of the molecule is Cc1ccc(C(=O)NC(C)(C)CN)cc1. The van der Waals surface area contributed by atoms with E-state index in [4.69, 9.17) is 5.73 Å². The summed E-state index contributed by atoms with van der Waals surface area (Å²) >= 11 is 0. The molecule has 0 aliphatic heterocycles. The third-order valence-electron chi connectivity index (χ3n) is 2.28. The number of nitrogens with one attached hydrogen (secondary N) is 1. The summed E-state index contributed by atoms with van der Waals surface area (Å²) in [7, 11) is 0. The minimum Gasteiger partial charge on any atom is -0.346 e.